The van der Waals surface area contributed by atoms with E-state index in [0.29, 0.717) is 23.8 Å². The first-order valence-electron chi connectivity index (χ1n) is 10.7. The van der Waals surface area contributed by atoms with Gasteiger partial charge in [0.15, 0.2) is 5.78 Å². The maximum Gasteiger partial charge on any atom is 0.266 e. The van der Waals surface area contributed by atoms with E-state index in [1.165, 1.54) is 17.7 Å². The van der Waals surface area contributed by atoms with Crippen LogP contribution in [0.4, 0.5) is 0 Å². The van der Waals surface area contributed by atoms with E-state index >= 15 is 0 Å². The van der Waals surface area contributed by atoms with E-state index in [1.807, 2.05) is 0 Å². The fraction of sp³-hybridized carbons (Fsp3) is 0.652. The number of nitrogens with one attached hydrogen (secondary N) is 1. The SMILES string of the molecule is CC1=CCC[C@@H]2[C@@](C)(CC3=CC(=O)C(NCCS(=O)(=O)O)=CC3=O)[C@H](C)CC[C@@]12C. The highest BCUT2D eigenvalue weighted by Gasteiger charge is 2.53. The third-order valence-corrected chi connectivity index (χ3v) is 8.72. The summed E-state index contributed by atoms with van der Waals surface area (Å²) in [7, 11) is -4.13. The summed E-state index contributed by atoms with van der Waals surface area (Å²) in [5.74, 6) is -0.142. The summed E-state index contributed by atoms with van der Waals surface area (Å²) in [4.78, 5) is 25.4. The average molecular weight is 436 g/mol. The van der Waals surface area contributed by atoms with Crippen LogP contribution in [0.3, 0.4) is 0 Å². The minimum atomic E-state index is -4.13. The summed E-state index contributed by atoms with van der Waals surface area (Å²) in [6.07, 6.45) is 10.0. The second kappa shape index (κ2) is 8.08. The number of allylic oxidation sites excluding steroid dienone is 5. The summed E-state index contributed by atoms with van der Waals surface area (Å²) in [5, 5.41) is 2.66. The van der Waals surface area contributed by atoms with Crippen molar-refractivity contribution in [2.75, 3.05) is 12.3 Å². The molecule has 3 rings (SSSR count). The molecule has 30 heavy (non-hydrogen) atoms. The van der Waals surface area contributed by atoms with Gasteiger partial charge < -0.3 is 5.32 Å². The number of fused-ring (bicyclic) bond motifs is 1. The van der Waals surface area contributed by atoms with E-state index in [4.69, 9.17) is 4.55 Å². The fourth-order valence-corrected chi connectivity index (χ4v) is 6.17. The van der Waals surface area contributed by atoms with Crippen LogP contribution in [0.15, 0.2) is 35.1 Å². The van der Waals surface area contributed by atoms with E-state index in [0.717, 1.165) is 25.7 Å². The minimum absolute atomic E-state index is 0.0754. The molecule has 0 spiro atoms. The highest BCUT2D eigenvalue weighted by Crippen LogP contribution is 2.62. The quantitative estimate of drug-likeness (QED) is 0.375. The summed E-state index contributed by atoms with van der Waals surface area (Å²) < 4.78 is 30.5. The number of ketones is 2. The van der Waals surface area contributed by atoms with Gasteiger partial charge in [0.1, 0.15) is 0 Å². The summed E-state index contributed by atoms with van der Waals surface area (Å²) in [5.41, 5.74) is 2.12. The molecule has 0 aromatic rings. The Morgan fingerprint density at radius 2 is 1.87 bits per heavy atom. The Hall–Kier alpha value is -1.73. The van der Waals surface area contributed by atoms with Crippen molar-refractivity contribution in [1.82, 2.24) is 5.32 Å². The first-order valence-corrected chi connectivity index (χ1v) is 12.3. The zero-order valence-corrected chi connectivity index (χ0v) is 19.1. The third kappa shape index (κ3) is 4.33. The molecule has 0 saturated heterocycles. The smallest absolute Gasteiger partial charge is 0.266 e. The Labute approximate surface area is 179 Å². The van der Waals surface area contributed by atoms with Crippen LogP contribution in [0.1, 0.15) is 59.8 Å². The Balaban J connectivity index is 1.78. The molecule has 0 amide bonds. The Morgan fingerprint density at radius 1 is 1.17 bits per heavy atom. The van der Waals surface area contributed by atoms with Gasteiger partial charge in [0.05, 0.1) is 11.4 Å². The topological polar surface area (TPSA) is 101 Å². The standard InChI is InChI=1S/C23H33NO5S/c1-15-6-5-7-21-22(15,3)9-8-16(2)23(21,4)14-17-12-20(26)18(13-19(17)25)24-10-11-30(27,28)29/h6,12-13,16,21,24H,5,7-11,14H2,1-4H3,(H,27,28,29)/t16-,21+,22+,23+/m1/s1. The van der Waals surface area contributed by atoms with Crippen molar-refractivity contribution >= 4 is 21.7 Å². The predicted molar refractivity (Wildman–Crippen MR) is 116 cm³/mol. The highest BCUT2D eigenvalue weighted by molar-refractivity contribution is 7.85. The lowest BCUT2D eigenvalue weighted by molar-refractivity contribution is -0.116. The van der Waals surface area contributed by atoms with Crippen LogP contribution in [0.2, 0.25) is 0 Å². The zero-order valence-electron chi connectivity index (χ0n) is 18.3. The summed E-state index contributed by atoms with van der Waals surface area (Å²) >= 11 is 0. The van der Waals surface area contributed by atoms with E-state index in [9.17, 15) is 18.0 Å². The minimum Gasteiger partial charge on any atom is -0.381 e. The molecule has 0 aromatic heterocycles. The first-order chi connectivity index (χ1) is 13.9. The van der Waals surface area contributed by atoms with Gasteiger partial charge in [-0.3, -0.25) is 14.1 Å². The van der Waals surface area contributed by atoms with Crippen molar-refractivity contribution in [1.29, 1.82) is 0 Å². The van der Waals surface area contributed by atoms with Crippen molar-refractivity contribution in [2.24, 2.45) is 22.7 Å². The summed E-state index contributed by atoms with van der Waals surface area (Å²) in [6, 6.07) is 0. The molecule has 7 heteroatoms. The maximum absolute atomic E-state index is 12.8. The third-order valence-electron chi connectivity index (χ3n) is 8.00. The van der Waals surface area contributed by atoms with Crippen molar-refractivity contribution < 1.29 is 22.6 Å². The van der Waals surface area contributed by atoms with Gasteiger partial charge in [-0.25, -0.2) is 0 Å². The number of hydrogen-bond donors (Lipinski definition) is 2. The lowest BCUT2D eigenvalue weighted by Gasteiger charge is -2.58. The second-order valence-corrected chi connectivity index (χ2v) is 11.3. The fourth-order valence-electron chi connectivity index (χ4n) is 5.81. The van der Waals surface area contributed by atoms with E-state index in [1.54, 1.807) is 0 Å². The molecule has 6 nitrogen and oxygen atoms in total. The van der Waals surface area contributed by atoms with E-state index < -0.39 is 15.9 Å². The monoisotopic (exact) mass is 435 g/mol. The molecular formula is C23H33NO5S. The number of carbonyl (C=O) groups excluding carboxylic acids is 2. The van der Waals surface area contributed by atoms with Gasteiger partial charge >= 0.3 is 0 Å². The molecule has 1 saturated carbocycles. The van der Waals surface area contributed by atoms with Crippen LogP contribution >= 0.6 is 0 Å². The van der Waals surface area contributed by atoms with Gasteiger partial charge in [0.2, 0.25) is 5.78 Å². The highest BCUT2D eigenvalue weighted by atomic mass is 32.2. The molecule has 4 atom stereocenters. The van der Waals surface area contributed by atoms with Crippen LogP contribution in [-0.4, -0.2) is 36.8 Å². The van der Waals surface area contributed by atoms with Gasteiger partial charge in [-0.1, -0.05) is 32.4 Å². The van der Waals surface area contributed by atoms with Crippen LogP contribution in [0.5, 0.6) is 0 Å². The van der Waals surface area contributed by atoms with Crippen molar-refractivity contribution in [3.05, 3.63) is 35.1 Å². The molecule has 2 N–H and O–H groups in total. The van der Waals surface area contributed by atoms with Crippen molar-refractivity contribution in [3.8, 4) is 0 Å². The molecule has 166 valence electrons. The predicted octanol–water partition coefficient (Wildman–Crippen LogP) is 3.61. The molecule has 0 bridgehead atoms. The molecule has 3 aliphatic carbocycles. The summed E-state index contributed by atoms with van der Waals surface area (Å²) in [6.45, 7) is 8.99. The first kappa shape index (κ1) is 22.9. The van der Waals surface area contributed by atoms with Crippen LogP contribution in [-0.2, 0) is 19.7 Å². The van der Waals surface area contributed by atoms with E-state index in [-0.39, 0.29) is 34.6 Å². The van der Waals surface area contributed by atoms with Gasteiger partial charge in [-0.05, 0) is 67.8 Å². The normalized spacial score (nSPS) is 34.6. The molecule has 0 aliphatic heterocycles. The molecule has 0 heterocycles. The van der Waals surface area contributed by atoms with Gasteiger partial charge in [-0.15, -0.1) is 0 Å². The zero-order chi connectivity index (χ0) is 22.3. The maximum atomic E-state index is 12.8. The molecular weight excluding hydrogens is 402 g/mol. The van der Waals surface area contributed by atoms with Gasteiger partial charge in [0, 0.05) is 18.2 Å². The Bertz CT molecular complexity index is 945. The van der Waals surface area contributed by atoms with Crippen molar-refractivity contribution in [2.45, 2.75) is 59.8 Å². The van der Waals surface area contributed by atoms with Gasteiger partial charge in [-0.2, -0.15) is 8.42 Å². The Kier molecular flexibility index (Phi) is 6.18. The van der Waals surface area contributed by atoms with Gasteiger partial charge in [0.25, 0.3) is 10.1 Å². The number of hydrogen-bond acceptors (Lipinski definition) is 5. The van der Waals surface area contributed by atoms with Crippen molar-refractivity contribution in [3.63, 3.8) is 0 Å². The lowest BCUT2D eigenvalue weighted by atomic mass is 9.46. The van der Waals surface area contributed by atoms with E-state index in [2.05, 4.69) is 39.1 Å². The molecule has 0 radical (unpaired) electrons. The largest absolute Gasteiger partial charge is 0.381 e. The molecule has 0 aromatic carbocycles. The molecule has 1 fully saturated rings. The lowest BCUT2D eigenvalue weighted by Crippen LogP contribution is -2.50. The number of carbonyl (C=O) groups is 2. The average Bonchev–Trinajstić information content (AvgIpc) is 2.64. The van der Waals surface area contributed by atoms with Crippen LogP contribution < -0.4 is 5.32 Å². The Morgan fingerprint density at radius 3 is 2.53 bits per heavy atom. The molecule has 0 unspecified atom stereocenters. The molecule has 3 aliphatic rings. The second-order valence-electron chi connectivity index (χ2n) is 9.73. The van der Waals surface area contributed by atoms with Crippen LogP contribution in [0, 0.1) is 22.7 Å². The van der Waals surface area contributed by atoms with Crippen LogP contribution in [0.25, 0.3) is 0 Å². The number of rotatable bonds is 6.